The third-order valence-electron chi connectivity index (χ3n) is 13.2. The van der Waals surface area contributed by atoms with Crippen molar-refractivity contribution in [2.45, 2.75) is 0 Å². The van der Waals surface area contributed by atoms with Gasteiger partial charge in [-0.1, -0.05) is 170 Å². The Bertz CT molecular complexity index is 3900. The number of hydrogen-bond acceptors (Lipinski definition) is 2. The van der Waals surface area contributed by atoms with Crippen LogP contribution in [0.3, 0.4) is 0 Å². The Morgan fingerprint density at radius 1 is 0.308 bits per heavy atom. The van der Waals surface area contributed by atoms with E-state index in [4.69, 9.17) is 4.42 Å². The van der Waals surface area contributed by atoms with Gasteiger partial charge in [-0.15, -0.1) is 0 Å². The van der Waals surface area contributed by atoms with Crippen LogP contribution >= 0.6 is 0 Å². The molecule has 0 spiro atoms. The fourth-order valence-corrected chi connectivity index (χ4v) is 10.1. The second-order valence-electron chi connectivity index (χ2n) is 16.9. The van der Waals surface area contributed by atoms with Crippen LogP contribution in [0, 0.1) is 0 Å². The Kier molecular flexibility index (Phi) is 8.53. The predicted octanol–water partition coefficient (Wildman–Crippen LogP) is 17.5. The molecule has 0 unspecified atom stereocenters. The minimum Gasteiger partial charge on any atom is -0.456 e. The van der Waals surface area contributed by atoms with Gasteiger partial charge >= 0.3 is 0 Å². The molecule has 0 saturated heterocycles. The first kappa shape index (κ1) is 36.9. The standard InChI is InChI=1S/C62H40N2O/c1-2-19-51-44(14-1)39-60(53-21-6-5-20-52(51)53)63(46-33-28-41(29-34-46)43-15-13-16-48(38-43)64-58-25-10-7-22-54(58)55-23-8-11-26-59(55)64)47-35-30-42(31-36-47)49-17-3-4-18-50(49)45-32-37-57-56-24-9-12-27-61(56)65-62(57)40-45/h1-40H. The van der Waals surface area contributed by atoms with E-state index < -0.39 is 0 Å². The Morgan fingerprint density at radius 3 is 1.57 bits per heavy atom. The Hall–Kier alpha value is -8.66. The van der Waals surface area contributed by atoms with Gasteiger partial charge in [-0.3, -0.25) is 0 Å². The number of fused-ring (bicyclic) bond motifs is 9. The average molecular weight is 829 g/mol. The molecule has 13 aromatic rings. The van der Waals surface area contributed by atoms with Gasteiger partial charge in [0.15, 0.2) is 0 Å². The fourth-order valence-electron chi connectivity index (χ4n) is 10.1. The van der Waals surface area contributed by atoms with Gasteiger partial charge in [-0.05, 0) is 122 Å². The lowest BCUT2D eigenvalue weighted by Gasteiger charge is -2.28. The van der Waals surface area contributed by atoms with Gasteiger partial charge in [0, 0.05) is 44.0 Å². The number of hydrogen-bond donors (Lipinski definition) is 0. The van der Waals surface area contributed by atoms with Crippen LogP contribution < -0.4 is 4.90 Å². The monoisotopic (exact) mass is 828 g/mol. The molecule has 0 atom stereocenters. The van der Waals surface area contributed by atoms with Crippen molar-refractivity contribution in [2.75, 3.05) is 4.90 Å². The molecule has 0 aliphatic rings. The molecule has 0 N–H and O–H groups in total. The molecule has 3 heteroatoms. The van der Waals surface area contributed by atoms with E-state index in [0.29, 0.717) is 0 Å². The van der Waals surface area contributed by atoms with Crippen molar-refractivity contribution in [1.82, 2.24) is 4.57 Å². The van der Waals surface area contributed by atoms with Crippen LogP contribution in [0.25, 0.3) is 104 Å². The van der Waals surface area contributed by atoms with Crippen LogP contribution in [0.1, 0.15) is 0 Å². The van der Waals surface area contributed by atoms with E-state index in [1.54, 1.807) is 0 Å². The van der Waals surface area contributed by atoms with E-state index in [9.17, 15) is 0 Å². The van der Waals surface area contributed by atoms with Crippen molar-refractivity contribution in [2.24, 2.45) is 0 Å². The number of nitrogens with zero attached hydrogens (tertiary/aromatic N) is 2. The molecule has 0 saturated carbocycles. The molecule has 3 nitrogen and oxygen atoms in total. The minimum atomic E-state index is 0.897. The quantitative estimate of drug-likeness (QED) is 0.149. The van der Waals surface area contributed by atoms with Crippen LogP contribution in [0.2, 0.25) is 0 Å². The van der Waals surface area contributed by atoms with Crippen molar-refractivity contribution >= 4 is 82.4 Å². The zero-order chi connectivity index (χ0) is 42.8. The maximum Gasteiger partial charge on any atom is 0.136 e. The molecule has 2 heterocycles. The SMILES string of the molecule is c1cc(-c2ccc(N(c3ccc(-c4ccccc4-c4ccc5c(c4)oc4ccccc45)cc3)c3cc4ccccc4c4ccccc34)cc2)cc(-n2c3ccccc3c3ccccc32)c1. The summed E-state index contributed by atoms with van der Waals surface area (Å²) in [6, 6.07) is 87.8. The number of rotatable bonds is 7. The van der Waals surface area contributed by atoms with Crippen molar-refractivity contribution in [3.63, 3.8) is 0 Å². The Morgan fingerprint density at radius 2 is 0.846 bits per heavy atom. The van der Waals surface area contributed by atoms with E-state index >= 15 is 0 Å². The molecule has 0 aliphatic carbocycles. The maximum absolute atomic E-state index is 6.32. The van der Waals surface area contributed by atoms with Crippen LogP contribution in [0.15, 0.2) is 247 Å². The molecule has 0 aliphatic heterocycles. The highest BCUT2D eigenvalue weighted by Gasteiger charge is 2.19. The minimum absolute atomic E-state index is 0.897. The number of benzene rings is 11. The molecule has 2 aromatic heterocycles. The second-order valence-corrected chi connectivity index (χ2v) is 16.9. The lowest BCUT2D eigenvalue weighted by Crippen LogP contribution is -2.10. The first-order valence-corrected chi connectivity index (χ1v) is 22.2. The zero-order valence-electron chi connectivity index (χ0n) is 35.4. The second kappa shape index (κ2) is 15.0. The van der Waals surface area contributed by atoms with E-state index in [-0.39, 0.29) is 0 Å². The summed E-state index contributed by atoms with van der Waals surface area (Å²) in [6.07, 6.45) is 0. The van der Waals surface area contributed by atoms with Crippen LogP contribution in [-0.2, 0) is 0 Å². The number of para-hydroxylation sites is 3. The first-order valence-electron chi connectivity index (χ1n) is 22.2. The highest BCUT2D eigenvalue weighted by atomic mass is 16.3. The lowest BCUT2D eigenvalue weighted by atomic mass is 9.93. The van der Waals surface area contributed by atoms with Gasteiger partial charge in [0.05, 0.1) is 16.7 Å². The molecule has 0 bridgehead atoms. The summed E-state index contributed by atoms with van der Waals surface area (Å²) in [5, 5.41) is 9.68. The van der Waals surface area contributed by atoms with E-state index in [1.807, 2.05) is 12.1 Å². The third kappa shape index (κ3) is 6.12. The van der Waals surface area contributed by atoms with Crippen molar-refractivity contribution in [3.8, 4) is 39.1 Å². The number of furan rings is 1. The van der Waals surface area contributed by atoms with Gasteiger partial charge in [-0.25, -0.2) is 0 Å². The summed E-state index contributed by atoms with van der Waals surface area (Å²) in [7, 11) is 0. The molecule has 11 aromatic carbocycles. The largest absolute Gasteiger partial charge is 0.456 e. The fraction of sp³-hybridized carbons (Fsp3) is 0. The Labute approximate surface area is 376 Å². The van der Waals surface area contributed by atoms with E-state index in [2.05, 4.69) is 240 Å². The molecule has 0 fully saturated rings. The molecule has 65 heavy (non-hydrogen) atoms. The summed E-state index contributed by atoms with van der Waals surface area (Å²) in [6.45, 7) is 0. The van der Waals surface area contributed by atoms with Crippen LogP contribution in [-0.4, -0.2) is 4.57 Å². The maximum atomic E-state index is 6.32. The third-order valence-corrected chi connectivity index (χ3v) is 13.2. The molecule has 0 amide bonds. The smallest absolute Gasteiger partial charge is 0.136 e. The highest BCUT2D eigenvalue weighted by Crippen LogP contribution is 2.44. The van der Waals surface area contributed by atoms with Gasteiger partial charge < -0.3 is 13.9 Å². The average Bonchev–Trinajstić information content (AvgIpc) is 3.92. The lowest BCUT2D eigenvalue weighted by molar-refractivity contribution is 0.669. The van der Waals surface area contributed by atoms with Gasteiger partial charge in [0.2, 0.25) is 0 Å². The normalized spacial score (nSPS) is 11.7. The first-order chi connectivity index (χ1) is 32.2. The molecule has 13 rings (SSSR count). The van der Waals surface area contributed by atoms with E-state index in [0.717, 1.165) is 66.9 Å². The predicted molar refractivity (Wildman–Crippen MR) is 274 cm³/mol. The van der Waals surface area contributed by atoms with E-state index in [1.165, 1.54) is 54.5 Å². The summed E-state index contributed by atoms with van der Waals surface area (Å²) < 4.78 is 8.70. The van der Waals surface area contributed by atoms with Crippen LogP contribution in [0.4, 0.5) is 17.1 Å². The number of aromatic nitrogens is 1. The molecule has 304 valence electrons. The summed E-state index contributed by atoms with van der Waals surface area (Å²) in [5.74, 6) is 0. The van der Waals surface area contributed by atoms with Gasteiger partial charge in [0.25, 0.3) is 0 Å². The highest BCUT2D eigenvalue weighted by molar-refractivity contribution is 6.15. The summed E-state index contributed by atoms with van der Waals surface area (Å²) >= 11 is 0. The summed E-state index contributed by atoms with van der Waals surface area (Å²) in [5.41, 5.74) is 15.6. The molecular formula is C62H40N2O. The van der Waals surface area contributed by atoms with Gasteiger partial charge in [0.1, 0.15) is 11.2 Å². The number of anilines is 3. The Balaban J connectivity index is 0.914. The molecule has 0 radical (unpaired) electrons. The van der Waals surface area contributed by atoms with Gasteiger partial charge in [-0.2, -0.15) is 0 Å². The van der Waals surface area contributed by atoms with Crippen molar-refractivity contribution in [1.29, 1.82) is 0 Å². The molecular weight excluding hydrogens is 789 g/mol. The summed E-state index contributed by atoms with van der Waals surface area (Å²) in [4.78, 5) is 2.41. The van der Waals surface area contributed by atoms with Crippen molar-refractivity contribution in [3.05, 3.63) is 243 Å². The zero-order valence-corrected chi connectivity index (χ0v) is 35.4. The topological polar surface area (TPSA) is 21.3 Å². The van der Waals surface area contributed by atoms with Crippen molar-refractivity contribution < 1.29 is 4.42 Å². The van der Waals surface area contributed by atoms with Crippen LogP contribution in [0.5, 0.6) is 0 Å².